The molecule has 0 bridgehead atoms. The molecule has 100 valence electrons. The van der Waals surface area contributed by atoms with Gasteiger partial charge in [0.2, 0.25) is 5.78 Å². The quantitative estimate of drug-likeness (QED) is 0.803. The molecule has 18 heavy (non-hydrogen) atoms. The van der Waals surface area contributed by atoms with Gasteiger partial charge in [0.1, 0.15) is 11.3 Å². The minimum absolute atomic E-state index is 0.0177. The zero-order chi connectivity index (χ0) is 13.3. The molecule has 0 N–H and O–H groups in total. The van der Waals surface area contributed by atoms with Crippen LogP contribution in [0.4, 0.5) is 0 Å². The minimum atomic E-state index is -0.713. The van der Waals surface area contributed by atoms with Gasteiger partial charge in [-0.3, -0.25) is 4.79 Å². The van der Waals surface area contributed by atoms with E-state index in [0.29, 0.717) is 16.2 Å². The molecule has 1 aromatic heterocycles. The number of ether oxygens (including phenoxy) is 1. The highest BCUT2D eigenvalue weighted by Crippen LogP contribution is 2.37. The third-order valence-corrected chi connectivity index (χ3v) is 4.30. The van der Waals surface area contributed by atoms with Gasteiger partial charge >= 0.3 is 0 Å². The van der Waals surface area contributed by atoms with Crippen molar-refractivity contribution in [1.29, 1.82) is 0 Å². The number of aromatic nitrogens is 3. The monoisotopic (exact) mass is 315 g/mol. The Balaban J connectivity index is 2.36. The van der Waals surface area contributed by atoms with Crippen LogP contribution in [-0.4, -0.2) is 33.5 Å². The standard InChI is InChI=1S/C12H18BrN3O2/c1-8-5-4-6-12(7-8,18-3)10(17)9-11(13)14-15-16(9)2/h8H,4-7H2,1-3H3. The summed E-state index contributed by atoms with van der Waals surface area (Å²) in [5.41, 5.74) is -0.221. The van der Waals surface area contributed by atoms with Gasteiger partial charge in [0.25, 0.3) is 0 Å². The first kappa shape index (κ1) is 13.7. The number of methoxy groups -OCH3 is 1. The lowest BCUT2D eigenvalue weighted by Gasteiger charge is -2.37. The second-order valence-corrected chi connectivity index (χ2v) is 5.83. The van der Waals surface area contributed by atoms with Crippen LogP contribution in [-0.2, 0) is 11.8 Å². The molecule has 2 unspecified atom stereocenters. The molecule has 1 fully saturated rings. The minimum Gasteiger partial charge on any atom is -0.370 e. The van der Waals surface area contributed by atoms with Crippen molar-refractivity contribution in [3.63, 3.8) is 0 Å². The van der Waals surface area contributed by atoms with E-state index in [0.717, 1.165) is 25.7 Å². The van der Waals surface area contributed by atoms with Crippen LogP contribution in [0.25, 0.3) is 0 Å². The fraction of sp³-hybridized carbons (Fsp3) is 0.750. The van der Waals surface area contributed by atoms with E-state index < -0.39 is 5.60 Å². The van der Waals surface area contributed by atoms with Crippen LogP contribution in [0.5, 0.6) is 0 Å². The Kier molecular flexibility index (Phi) is 3.87. The Bertz CT molecular complexity index is 441. The molecule has 2 atom stereocenters. The Morgan fingerprint density at radius 1 is 1.61 bits per heavy atom. The van der Waals surface area contributed by atoms with Crippen molar-refractivity contribution < 1.29 is 9.53 Å². The Morgan fingerprint density at radius 3 is 2.83 bits per heavy atom. The molecule has 0 spiro atoms. The van der Waals surface area contributed by atoms with Crippen molar-refractivity contribution >= 4 is 21.7 Å². The molecule has 1 aliphatic carbocycles. The maximum atomic E-state index is 12.7. The fourth-order valence-corrected chi connectivity index (χ4v) is 3.28. The molecule has 1 aliphatic rings. The maximum absolute atomic E-state index is 12.7. The normalized spacial score (nSPS) is 28.3. The molecule has 1 aromatic rings. The molecular formula is C12H18BrN3O2. The average molecular weight is 316 g/mol. The summed E-state index contributed by atoms with van der Waals surface area (Å²) in [7, 11) is 3.34. The lowest BCUT2D eigenvalue weighted by Crippen LogP contribution is -2.45. The largest absolute Gasteiger partial charge is 0.370 e. The topological polar surface area (TPSA) is 57.0 Å². The van der Waals surface area contributed by atoms with Crippen molar-refractivity contribution in [2.24, 2.45) is 13.0 Å². The number of halogens is 1. The summed E-state index contributed by atoms with van der Waals surface area (Å²) in [5, 5.41) is 7.73. The van der Waals surface area contributed by atoms with E-state index in [4.69, 9.17) is 4.74 Å². The summed E-state index contributed by atoms with van der Waals surface area (Å²) >= 11 is 3.28. The summed E-state index contributed by atoms with van der Waals surface area (Å²) in [4.78, 5) is 12.7. The van der Waals surface area contributed by atoms with Gasteiger partial charge in [-0.15, -0.1) is 5.10 Å². The molecule has 0 amide bonds. The van der Waals surface area contributed by atoms with Crippen molar-refractivity contribution in [2.75, 3.05) is 7.11 Å². The fourth-order valence-electron chi connectivity index (χ4n) is 2.78. The highest BCUT2D eigenvalue weighted by atomic mass is 79.9. The van der Waals surface area contributed by atoms with E-state index in [9.17, 15) is 4.79 Å². The van der Waals surface area contributed by atoms with Crippen molar-refractivity contribution in [3.05, 3.63) is 10.3 Å². The van der Waals surface area contributed by atoms with E-state index in [1.807, 2.05) is 0 Å². The second kappa shape index (κ2) is 5.09. The van der Waals surface area contributed by atoms with Gasteiger partial charge in [0.15, 0.2) is 4.60 Å². The number of carbonyl (C=O) groups is 1. The van der Waals surface area contributed by atoms with Gasteiger partial charge in [0.05, 0.1) is 0 Å². The second-order valence-electron chi connectivity index (χ2n) is 5.08. The van der Waals surface area contributed by atoms with Gasteiger partial charge in [-0.2, -0.15) is 0 Å². The van der Waals surface area contributed by atoms with Gasteiger partial charge in [-0.1, -0.05) is 18.6 Å². The smallest absolute Gasteiger partial charge is 0.215 e. The van der Waals surface area contributed by atoms with Crippen molar-refractivity contribution in [3.8, 4) is 0 Å². The SMILES string of the molecule is COC1(C(=O)c2c(Br)nnn2C)CCCC(C)C1. The van der Waals surface area contributed by atoms with E-state index in [-0.39, 0.29) is 5.78 Å². The number of hydrogen-bond donors (Lipinski definition) is 0. The summed E-state index contributed by atoms with van der Waals surface area (Å²) in [6.07, 6.45) is 3.71. The molecule has 0 aromatic carbocycles. The number of nitrogens with zero attached hydrogens (tertiary/aromatic N) is 3. The Labute approximate surface area is 115 Å². The maximum Gasteiger partial charge on any atom is 0.215 e. The number of carbonyl (C=O) groups excluding carboxylic acids is 1. The van der Waals surface area contributed by atoms with E-state index in [2.05, 4.69) is 33.2 Å². The zero-order valence-electron chi connectivity index (χ0n) is 10.9. The lowest BCUT2D eigenvalue weighted by atomic mass is 9.75. The van der Waals surface area contributed by atoms with E-state index in [1.165, 1.54) is 4.68 Å². The molecular weight excluding hydrogens is 298 g/mol. The first-order valence-electron chi connectivity index (χ1n) is 6.15. The molecule has 1 heterocycles. The van der Waals surface area contributed by atoms with Crippen LogP contribution in [0, 0.1) is 5.92 Å². The summed E-state index contributed by atoms with van der Waals surface area (Å²) in [6.45, 7) is 2.16. The van der Waals surface area contributed by atoms with Gasteiger partial charge in [-0.25, -0.2) is 4.68 Å². The van der Waals surface area contributed by atoms with E-state index in [1.54, 1.807) is 14.2 Å². The summed E-state index contributed by atoms with van der Waals surface area (Å²) in [6, 6.07) is 0. The molecule has 1 saturated carbocycles. The highest BCUT2D eigenvalue weighted by Gasteiger charge is 2.44. The van der Waals surface area contributed by atoms with Crippen LogP contribution >= 0.6 is 15.9 Å². The van der Waals surface area contributed by atoms with Crippen LogP contribution in [0.15, 0.2) is 4.60 Å². The third-order valence-electron chi connectivity index (χ3n) is 3.76. The van der Waals surface area contributed by atoms with Crippen LogP contribution < -0.4 is 0 Å². The lowest BCUT2D eigenvalue weighted by molar-refractivity contribution is -0.0309. The number of rotatable bonds is 3. The zero-order valence-corrected chi connectivity index (χ0v) is 12.5. The number of aryl methyl sites for hydroxylation is 1. The van der Waals surface area contributed by atoms with Crippen molar-refractivity contribution in [1.82, 2.24) is 15.0 Å². The third kappa shape index (κ3) is 2.23. The van der Waals surface area contributed by atoms with Crippen molar-refractivity contribution in [2.45, 2.75) is 38.2 Å². The molecule has 6 heteroatoms. The predicted molar refractivity (Wildman–Crippen MR) is 70.4 cm³/mol. The first-order chi connectivity index (χ1) is 8.50. The summed E-state index contributed by atoms with van der Waals surface area (Å²) in [5.74, 6) is 0.485. The molecule has 0 aliphatic heterocycles. The van der Waals surface area contributed by atoms with Gasteiger partial charge in [-0.05, 0) is 41.1 Å². The molecule has 0 saturated heterocycles. The van der Waals surface area contributed by atoms with Crippen LogP contribution in [0.1, 0.15) is 43.1 Å². The first-order valence-corrected chi connectivity index (χ1v) is 6.94. The summed E-state index contributed by atoms with van der Waals surface area (Å²) < 4.78 is 7.60. The highest BCUT2D eigenvalue weighted by molar-refractivity contribution is 9.10. The number of ketones is 1. The van der Waals surface area contributed by atoms with Gasteiger partial charge in [0, 0.05) is 14.2 Å². The number of hydrogen-bond acceptors (Lipinski definition) is 4. The molecule has 2 rings (SSSR count). The van der Waals surface area contributed by atoms with E-state index >= 15 is 0 Å². The Morgan fingerprint density at radius 2 is 2.33 bits per heavy atom. The molecule has 5 nitrogen and oxygen atoms in total. The predicted octanol–water partition coefficient (Wildman–Crippen LogP) is 2.36. The average Bonchev–Trinajstić information content (AvgIpc) is 2.68. The number of Topliss-reactive ketones (excluding diaryl/α,β-unsaturated/α-hetero) is 1. The van der Waals surface area contributed by atoms with Crippen LogP contribution in [0.2, 0.25) is 0 Å². The Hall–Kier alpha value is -0.750. The molecule has 0 radical (unpaired) electrons. The van der Waals surface area contributed by atoms with Crippen LogP contribution in [0.3, 0.4) is 0 Å². The van der Waals surface area contributed by atoms with Gasteiger partial charge < -0.3 is 4.74 Å².